The van der Waals surface area contributed by atoms with Crippen LogP contribution in [0.5, 0.6) is 0 Å². The van der Waals surface area contributed by atoms with Crippen LogP contribution in [0.25, 0.3) is 0 Å². The molecular weight excluding hydrogens is 318 g/mol. The van der Waals surface area contributed by atoms with Crippen molar-refractivity contribution in [2.45, 2.75) is 19.8 Å². The molecule has 0 unspecified atom stereocenters. The van der Waals surface area contributed by atoms with Gasteiger partial charge in [-0.1, -0.05) is 12.1 Å². The van der Waals surface area contributed by atoms with Crippen LogP contribution in [0.3, 0.4) is 0 Å². The Balaban J connectivity index is 1.73. The zero-order chi connectivity index (χ0) is 18.2. The fourth-order valence-corrected chi connectivity index (χ4v) is 3.17. The Morgan fingerprint density at radius 3 is 2.92 bits per heavy atom. The van der Waals surface area contributed by atoms with Crippen molar-refractivity contribution in [3.63, 3.8) is 0 Å². The number of rotatable bonds is 8. The fourth-order valence-electron chi connectivity index (χ4n) is 3.17. The number of amides is 2. The summed E-state index contributed by atoms with van der Waals surface area (Å²) in [5, 5.41) is 2.78. The molecule has 138 valence electrons. The van der Waals surface area contributed by atoms with Crippen molar-refractivity contribution in [3.05, 3.63) is 29.8 Å². The molecule has 1 N–H and O–H groups in total. The van der Waals surface area contributed by atoms with Gasteiger partial charge < -0.3 is 19.9 Å². The first-order chi connectivity index (χ1) is 12.0. The summed E-state index contributed by atoms with van der Waals surface area (Å²) in [7, 11) is 3.49. The first-order valence-electron chi connectivity index (χ1n) is 8.79. The Labute approximate surface area is 150 Å². The van der Waals surface area contributed by atoms with Crippen LogP contribution in [0.2, 0.25) is 0 Å². The zero-order valence-corrected chi connectivity index (χ0v) is 15.5. The molecule has 1 heterocycles. The van der Waals surface area contributed by atoms with Crippen molar-refractivity contribution >= 4 is 17.5 Å². The second kappa shape index (κ2) is 9.53. The maximum Gasteiger partial charge on any atom is 0.233 e. The molecule has 0 aromatic heterocycles. The van der Waals surface area contributed by atoms with E-state index in [0.717, 1.165) is 43.9 Å². The quantitative estimate of drug-likeness (QED) is 0.728. The fraction of sp³-hybridized carbons (Fsp3) is 0.579. The van der Waals surface area contributed by atoms with Gasteiger partial charge in [-0.2, -0.15) is 0 Å². The Bertz CT molecular complexity index is 591. The standard InChI is InChI=1S/C19H29N3O3/c1-15-5-4-6-17(11-15)20-18(23)12-19(24)21(2)13-16-7-8-22(14-16)9-10-25-3/h4-6,11,16H,7-10,12-14H2,1-3H3,(H,20,23)/t16-/m1/s1. The highest BCUT2D eigenvalue weighted by Crippen LogP contribution is 2.17. The largest absolute Gasteiger partial charge is 0.383 e. The van der Waals surface area contributed by atoms with E-state index >= 15 is 0 Å². The first kappa shape index (κ1) is 19.4. The molecule has 2 amide bonds. The molecule has 1 aliphatic heterocycles. The van der Waals surface area contributed by atoms with Crippen molar-refractivity contribution in [3.8, 4) is 0 Å². The van der Waals surface area contributed by atoms with E-state index in [1.165, 1.54) is 0 Å². The van der Waals surface area contributed by atoms with E-state index in [0.29, 0.717) is 12.5 Å². The molecule has 1 atom stereocenters. The summed E-state index contributed by atoms with van der Waals surface area (Å²) >= 11 is 0. The van der Waals surface area contributed by atoms with Crippen molar-refractivity contribution in [1.82, 2.24) is 9.80 Å². The Kier molecular flexibility index (Phi) is 7.40. The number of benzene rings is 1. The number of anilines is 1. The van der Waals surface area contributed by atoms with Crippen molar-refractivity contribution in [2.75, 3.05) is 52.3 Å². The maximum absolute atomic E-state index is 12.3. The van der Waals surface area contributed by atoms with Gasteiger partial charge in [-0.15, -0.1) is 0 Å². The average molecular weight is 347 g/mol. The van der Waals surface area contributed by atoms with Gasteiger partial charge in [-0.05, 0) is 43.5 Å². The molecule has 1 saturated heterocycles. The van der Waals surface area contributed by atoms with Crippen LogP contribution in [0.15, 0.2) is 24.3 Å². The number of methoxy groups -OCH3 is 1. The lowest BCUT2D eigenvalue weighted by atomic mass is 10.1. The SMILES string of the molecule is COCCN1CC[C@H](CN(C)C(=O)CC(=O)Nc2cccc(C)c2)C1. The van der Waals surface area contributed by atoms with E-state index < -0.39 is 0 Å². The number of likely N-dealkylation sites (tertiary alicyclic amines) is 1. The molecular formula is C19H29N3O3. The van der Waals surface area contributed by atoms with Gasteiger partial charge in [0.25, 0.3) is 0 Å². The highest BCUT2D eigenvalue weighted by atomic mass is 16.5. The number of hydrogen-bond donors (Lipinski definition) is 1. The molecule has 1 aromatic rings. The molecule has 6 nitrogen and oxygen atoms in total. The van der Waals surface area contributed by atoms with Crippen LogP contribution in [-0.4, -0.2) is 68.6 Å². The van der Waals surface area contributed by atoms with Crippen LogP contribution in [0.4, 0.5) is 5.69 Å². The molecule has 0 aliphatic carbocycles. The third kappa shape index (κ3) is 6.48. The molecule has 6 heteroatoms. The van der Waals surface area contributed by atoms with Gasteiger partial charge >= 0.3 is 0 Å². The molecule has 0 radical (unpaired) electrons. The van der Waals surface area contributed by atoms with Crippen LogP contribution >= 0.6 is 0 Å². The lowest BCUT2D eigenvalue weighted by molar-refractivity contribution is -0.133. The van der Waals surface area contributed by atoms with Gasteiger partial charge in [0.05, 0.1) is 6.61 Å². The number of carbonyl (C=O) groups excluding carboxylic acids is 2. The van der Waals surface area contributed by atoms with Crippen LogP contribution in [-0.2, 0) is 14.3 Å². The van der Waals surface area contributed by atoms with Crippen molar-refractivity contribution < 1.29 is 14.3 Å². The smallest absolute Gasteiger partial charge is 0.233 e. The molecule has 25 heavy (non-hydrogen) atoms. The predicted octanol–water partition coefficient (Wildman–Crippen LogP) is 1.75. The Hall–Kier alpha value is -1.92. The summed E-state index contributed by atoms with van der Waals surface area (Å²) in [4.78, 5) is 28.4. The van der Waals surface area contributed by atoms with E-state index in [1.54, 1.807) is 19.1 Å². The first-order valence-corrected chi connectivity index (χ1v) is 8.79. The maximum atomic E-state index is 12.3. The average Bonchev–Trinajstić information content (AvgIpc) is 3.00. The summed E-state index contributed by atoms with van der Waals surface area (Å²) in [5.41, 5.74) is 1.80. The number of carbonyl (C=O) groups is 2. The number of nitrogens with one attached hydrogen (secondary N) is 1. The van der Waals surface area contributed by atoms with Gasteiger partial charge in [0.2, 0.25) is 11.8 Å². The minimum atomic E-state index is -0.268. The molecule has 1 fully saturated rings. The van der Waals surface area contributed by atoms with E-state index in [9.17, 15) is 9.59 Å². The van der Waals surface area contributed by atoms with E-state index in [2.05, 4.69) is 10.2 Å². The molecule has 0 spiro atoms. The van der Waals surface area contributed by atoms with Crippen molar-refractivity contribution in [1.29, 1.82) is 0 Å². The van der Waals surface area contributed by atoms with Crippen LogP contribution < -0.4 is 5.32 Å². The van der Waals surface area contributed by atoms with Gasteiger partial charge in [-0.3, -0.25) is 9.59 Å². The van der Waals surface area contributed by atoms with E-state index in [-0.39, 0.29) is 18.2 Å². The van der Waals surface area contributed by atoms with Crippen molar-refractivity contribution in [2.24, 2.45) is 5.92 Å². The molecule has 1 aromatic carbocycles. The molecule has 1 aliphatic rings. The monoisotopic (exact) mass is 347 g/mol. The van der Waals surface area contributed by atoms with Crippen LogP contribution in [0.1, 0.15) is 18.4 Å². The van der Waals surface area contributed by atoms with Gasteiger partial charge in [0.15, 0.2) is 0 Å². The summed E-state index contributed by atoms with van der Waals surface area (Å²) in [6.45, 7) is 6.36. The highest BCUT2D eigenvalue weighted by molar-refractivity contribution is 6.03. The molecule has 2 rings (SSSR count). The summed E-state index contributed by atoms with van der Waals surface area (Å²) in [5.74, 6) is 0.0572. The van der Waals surface area contributed by atoms with Gasteiger partial charge in [0.1, 0.15) is 6.42 Å². The second-order valence-corrected chi connectivity index (χ2v) is 6.82. The minimum Gasteiger partial charge on any atom is -0.383 e. The molecule has 0 bridgehead atoms. The minimum absolute atomic E-state index is 0.120. The van der Waals surface area contributed by atoms with Gasteiger partial charge in [0, 0.05) is 39.5 Å². The topological polar surface area (TPSA) is 61.9 Å². The summed E-state index contributed by atoms with van der Waals surface area (Å²) in [6.07, 6.45) is 0.960. The zero-order valence-electron chi connectivity index (χ0n) is 15.5. The third-order valence-corrected chi connectivity index (χ3v) is 4.55. The van der Waals surface area contributed by atoms with E-state index in [4.69, 9.17) is 4.74 Å². The Morgan fingerprint density at radius 1 is 1.40 bits per heavy atom. The summed E-state index contributed by atoms with van der Waals surface area (Å²) < 4.78 is 5.11. The number of hydrogen-bond acceptors (Lipinski definition) is 4. The molecule has 0 saturated carbocycles. The number of aryl methyl sites for hydroxylation is 1. The summed E-state index contributed by atoms with van der Waals surface area (Å²) in [6, 6.07) is 7.56. The highest BCUT2D eigenvalue weighted by Gasteiger charge is 2.25. The lowest BCUT2D eigenvalue weighted by Crippen LogP contribution is -2.35. The second-order valence-electron chi connectivity index (χ2n) is 6.82. The van der Waals surface area contributed by atoms with E-state index in [1.807, 2.05) is 31.2 Å². The van der Waals surface area contributed by atoms with Gasteiger partial charge in [-0.25, -0.2) is 0 Å². The normalized spacial score (nSPS) is 17.5. The third-order valence-electron chi connectivity index (χ3n) is 4.55. The number of nitrogens with zero attached hydrogens (tertiary/aromatic N) is 2. The Morgan fingerprint density at radius 2 is 2.20 bits per heavy atom. The van der Waals surface area contributed by atoms with Crippen LogP contribution in [0, 0.1) is 12.8 Å². The number of ether oxygens (including phenoxy) is 1. The predicted molar refractivity (Wildman–Crippen MR) is 98.5 cm³/mol. The lowest BCUT2D eigenvalue weighted by Gasteiger charge is -2.21.